The number of rotatable bonds is 3. The standard InChI is InChI=1S/C16H19F2NO2/c1-10(14-7-2-11(17)9-15(14)18)8-16(21)19-12-3-5-13(20)6-4-12/h2,7-9,12-13,20H,3-6H2,1H3,(H,19,21)/b10-8-. The summed E-state index contributed by atoms with van der Waals surface area (Å²) in [4.78, 5) is 11.9. The number of aliphatic hydroxyl groups excluding tert-OH is 1. The molecule has 3 nitrogen and oxygen atoms in total. The number of nitrogens with one attached hydrogen (secondary N) is 1. The molecule has 1 saturated carbocycles. The molecule has 0 radical (unpaired) electrons. The number of allylic oxidation sites excluding steroid dienone is 1. The first-order valence-corrected chi connectivity index (χ1v) is 7.08. The summed E-state index contributed by atoms with van der Waals surface area (Å²) in [5.74, 6) is -1.62. The van der Waals surface area contributed by atoms with Gasteiger partial charge in [0.2, 0.25) is 5.91 Å². The Kier molecular flexibility index (Phi) is 5.07. The Hall–Kier alpha value is -1.75. The Bertz CT molecular complexity index is 549. The van der Waals surface area contributed by atoms with Gasteiger partial charge in [0.25, 0.3) is 0 Å². The van der Waals surface area contributed by atoms with Gasteiger partial charge in [-0.3, -0.25) is 4.79 Å². The number of aliphatic hydroxyl groups is 1. The van der Waals surface area contributed by atoms with Gasteiger partial charge < -0.3 is 10.4 Å². The molecule has 0 bridgehead atoms. The highest BCUT2D eigenvalue weighted by Crippen LogP contribution is 2.20. The number of halogens is 2. The summed E-state index contributed by atoms with van der Waals surface area (Å²) < 4.78 is 26.5. The maximum Gasteiger partial charge on any atom is 0.244 e. The van der Waals surface area contributed by atoms with E-state index in [0.29, 0.717) is 18.4 Å². The largest absolute Gasteiger partial charge is 0.393 e. The van der Waals surface area contributed by atoms with Crippen LogP contribution in [0.25, 0.3) is 5.57 Å². The highest BCUT2D eigenvalue weighted by atomic mass is 19.1. The molecule has 0 atom stereocenters. The van der Waals surface area contributed by atoms with Gasteiger partial charge in [0.05, 0.1) is 6.10 Å². The summed E-state index contributed by atoms with van der Waals surface area (Å²) in [5.41, 5.74) is 0.659. The average molecular weight is 295 g/mol. The van der Waals surface area contributed by atoms with Crippen molar-refractivity contribution in [2.75, 3.05) is 0 Å². The molecule has 0 aromatic heterocycles. The minimum absolute atomic E-state index is 0.0445. The molecule has 5 heteroatoms. The van der Waals surface area contributed by atoms with Gasteiger partial charge in [-0.05, 0) is 50.3 Å². The van der Waals surface area contributed by atoms with Gasteiger partial charge in [-0.1, -0.05) is 0 Å². The minimum atomic E-state index is -0.683. The van der Waals surface area contributed by atoms with E-state index in [1.54, 1.807) is 6.92 Å². The zero-order valence-corrected chi connectivity index (χ0v) is 11.9. The molecule has 1 aliphatic carbocycles. The first-order chi connectivity index (χ1) is 9.95. The van der Waals surface area contributed by atoms with Crippen LogP contribution >= 0.6 is 0 Å². The lowest BCUT2D eigenvalue weighted by Crippen LogP contribution is -2.37. The van der Waals surface area contributed by atoms with E-state index in [1.165, 1.54) is 12.1 Å². The van der Waals surface area contributed by atoms with Crippen molar-refractivity contribution in [2.24, 2.45) is 0 Å². The van der Waals surface area contributed by atoms with Crippen molar-refractivity contribution >= 4 is 11.5 Å². The summed E-state index contributed by atoms with van der Waals surface area (Å²) in [6.07, 6.45) is 3.89. The van der Waals surface area contributed by atoms with Crippen LogP contribution in [0.2, 0.25) is 0 Å². The number of carbonyl (C=O) groups is 1. The molecule has 1 amide bonds. The van der Waals surface area contributed by atoms with Crippen LogP contribution in [0.4, 0.5) is 8.78 Å². The second-order valence-electron chi connectivity index (χ2n) is 5.47. The lowest BCUT2D eigenvalue weighted by atomic mass is 9.93. The summed E-state index contributed by atoms with van der Waals surface area (Å²) in [5, 5.41) is 12.3. The third kappa shape index (κ3) is 4.36. The molecule has 0 unspecified atom stereocenters. The molecule has 114 valence electrons. The quantitative estimate of drug-likeness (QED) is 0.842. The van der Waals surface area contributed by atoms with Gasteiger partial charge in [-0.15, -0.1) is 0 Å². The molecular formula is C16H19F2NO2. The van der Waals surface area contributed by atoms with Crippen molar-refractivity contribution in [3.63, 3.8) is 0 Å². The third-order valence-electron chi connectivity index (χ3n) is 3.75. The predicted octanol–water partition coefficient (Wildman–Crippen LogP) is 2.79. The Morgan fingerprint density at radius 2 is 1.95 bits per heavy atom. The second-order valence-corrected chi connectivity index (χ2v) is 5.47. The Labute approximate surface area is 122 Å². The van der Waals surface area contributed by atoms with Gasteiger partial charge in [-0.25, -0.2) is 8.78 Å². The minimum Gasteiger partial charge on any atom is -0.393 e. The highest BCUT2D eigenvalue weighted by molar-refractivity contribution is 5.95. The topological polar surface area (TPSA) is 49.3 Å². The zero-order valence-electron chi connectivity index (χ0n) is 11.9. The molecule has 0 heterocycles. The molecule has 1 aliphatic rings. The molecular weight excluding hydrogens is 276 g/mol. The van der Waals surface area contributed by atoms with Gasteiger partial charge >= 0.3 is 0 Å². The zero-order chi connectivity index (χ0) is 15.4. The molecule has 21 heavy (non-hydrogen) atoms. The maximum absolute atomic E-state index is 13.6. The maximum atomic E-state index is 13.6. The summed E-state index contributed by atoms with van der Waals surface area (Å²) in [6.45, 7) is 1.61. The first-order valence-electron chi connectivity index (χ1n) is 7.08. The van der Waals surface area contributed by atoms with Crippen LogP contribution in [0.5, 0.6) is 0 Å². The van der Waals surface area contributed by atoms with E-state index in [-0.39, 0.29) is 23.6 Å². The second kappa shape index (κ2) is 6.80. The van der Waals surface area contributed by atoms with Crippen LogP contribution in [0.15, 0.2) is 24.3 Å². The van der Waals surface area contributed by atoms with E-state index in [0.717, 1.165) is 25.0 Å². The van der Waals surface area contributed by atoms with Gasteiger partial charge in [0.15, 0.2) is 0 Å². The van der Waals surface area contributed by atoms with Crippen molar-refractivity contribution in [1.82, 2.24) is 5.32 Å². The summed E-state index contributed by atoms with van der Waals surface area (Å²) in [7, 11) is 0. The Morgan fingerprint density at radius 1 is 1.29 bits per heavy atom. The Balaban J connectivity index is 1.99. The van der Waals surface area contributed by atoms with Gasteiger partial charge in [-0.2, -0.15) is 0 Å². The van der Waals surface area contributed by atoms with Crippen LogP contribution in [-0.4, -0.2) is 23.2 Å². The summed E-state index contributed by atoms with van der Waals surface area (Å²) >= 11 is 0. The molecule has 0 saturated heterocycles. The fraction of sp³-hybridized carbons (Fsp3) is 0.438. The van der Waals surface area contributed by atoms with E-state index in [9.17, 15) is 18.7 Å². The van der Waals surface area contributed by atoms with E-state index >= 15 is 0 Å². The average Bonchev–Trinajstić information content (AvgIpc) is 2.41. The van der Waals surface area contributed by atoms with E-state index in [1.807, 2.05) is 0 Å². The fourth-order valence-corrected chi connectivity index (χ4v) is 2.55. The van der Waals surface area contributed by atoms with E-state index in [2.05, 4.69) is 5.32 Å². The van der Waals surface area contributed by atoms with Gasteiger partial charge in [0.1, 0.15) is 11.6 Å². The molecule has 1 fully saturated rings. The van der Waals surface area contributed by atoms with Crippen LogP contribution in [0.3, 0.4) is 0 Å². The number of amides is 1. The van der Waals surface area contributed by atoms with Crippen molar-refractivity contribution in [1.29, 1.82) is 0 Å². The van der Waals surface area contributed by atoms with Crippen molar-refractivity contribution in [3.05, 3.63) is 41.5 Å². The van der Waals surface area contributed by atoms with Crippen molar-refractivity contribution in [3.8, 4) is 0 Å². The van der Waals surface area contributed by atoms with Crippen LogP contribution in [0.1, 0.15) is 38.2 Å². The normalized spacial score (nSPS) is 23.0. The fourth-order valence-electron chi connectivity index (χ4n) is 2.55. The van der Waals surface area contributed by atoms with E-state index < -0.39 is 11.6 Å². The SMILES string of the molecule is C/C(=C/C(=O)NC1CCC(O)CC1)c1ccc(F)cc1F. The molecule has 2 rings (SSSR count). The number of carbonyl (C=O) groups excluding carboxylic acids is 1. The molecule has 0 spiro atoms. The molecule has 1 aromatic rings. The molecule has 1 aromatic carbocycles. The number of benzene rings is 1. The van der Waals surface area contributed by atoms with Crippen molar-refractivity contribution < 1.29 is 18.7 Å². The smallest absolute Gasteiger partial charge is 0.244 e. The predicted molar refractivity (Wildman–Crippen MR) is 76.4 cm³/mol. The van der Waals surface area contributed by atoms with Crippen LogP contribution in [-0.2, 0) is 4.79 Å². The summed E-state index contributed by atoms with van der Waals surface area (Å²) in [6, 6.07) is 3.33. The first kappa shape index (κ1) is 15.6. The van der Waals surface area contributed by atoms with E-state index in [4.69, 9.17) is 0 Å². The Morgan fingerprint density at radius 3 is 2.57 bits per heavy atom. The lowest BCUT2D eigenvalue weighted by Gasteiger charge is -2.25. The monoisotopic (exact) mass is 295 g/mol. The van der Waals surface area contributed by atoms with Crippen LogP contribution < -0.4 is 5.32 Å². The van der Waals surface area contributed by atoms with Crippen LogP contribution in [0, 0.1) is 11.6 Å². The van der Waals surface area contributed by atoms with Crippen molar-refractivity contribution in [2.45, 2.75) is 44.8 Å². The van der Waals surface area contributed by atoms with Gasteiger partial charge in [0, 0.05) is 23.7 Å². The highest BCUT2D eigenvalue weighted by Gasteiger charge is 2.20. The number of hydrogen-bond acceptors (Lipinski definition) is 2. The molecule has 2 N–H and O–H groups in total. The number of hydrogen-bond donors (Lipinski definition) is 2. The lowest BCUT2D eigenvalue weighted by molar-refractivity contribution is -0.117. The molecule has 0 aliphatic heterocycles. The third-order valence-corrected chi connectivity index (χ3v) is 3.75.